The Bertz CT molecular complexity index is 797. The highest BCUT2D eigenvalue weighted by atomic mass is 32.2. The molecule has 0 heterocycles. The zero-order valence-electron chi connectivity index (χ0n) is 11.2. The fourth-order valence-corrected chi connectivity index (χ4v) is 3.39. The number of halogens is 1. The van der Waals surface area contributed by atoms with Gasteiger partial charge in [-0.15, -0.1) is 0 Å². The second-order valence-corrected chi connectivity index (χ2v) is 6.65. The van der Waals surface area contributed by atoms with Crippen LogP contribution in [-0.2, 0) is 15.6 Å². The standard InChI is InChI=1S/C15H13FO4S/c1-10-5-6-13(16)7-12(10)9-21(19,20)14-4-2-3-11(8-14)15(17)18/h2-8H,9H2,1H3,(H,17,18). The van der Waals surface area contributed by atoms with Crippen LogP contribution in [0.1, 0.15) is 21.5 Å². The summed E-state index contributed by atoms with van der Waals surface area (Å²) in [5, 5.41) is 8.90. The minimum atomic E-state index is -3.74. The molecule has 21 heavy (non-hydrogen) atoms. The molecule has 0 aliphatic carbocycles. The summed E-state index contributed by atoms with van der Waals surface area (Å²) in [7, 11) is -3.74. The van der Waals surface area contributed by atoms with Crippen LogP contribution >= 0.6 is 0 Å². The first-order valence-corrected chi connectivity index (χ1v) is 7.76. The summed E-state index contributed by atoms with van der Waals surface area (Å²) in [6, 6.07) is 9.06. The largest absolute Gasteiger partial charge is 0.478 e. The van der Waals surface area contributed by atoms with Crippen LogP contribution in [-0.4, -0.2) is 19.5 Å². The lowest BCUT2D eigenvalue weighted by Crippen LogP contribution is -2.08. The third-order valence-electron chi connectivity index (χ3n) is 3.10. The summed E-state index contributed by atoms with van der Waals surface area (Å²) in [6.07, 6.45) is 0. The summed E-state index contributed by atoms with van der Waals surface area (Å²) < 4.78 is 37.9. The number of carboxylic acid groups (broad SMARTS) is 1. The summed E-state index contributed by atoms with van der Waals surface area (Å²) in [4.78, 5) is 10.8. The van der Waals surface area contributed by atoms with E-state index in [4.69, 9.17) is 5.11 Å². The van der Waals surface area contributed by atoms with Gasteiger partial charge in [0.1, 0.15) is 5.82 Å². The van der Waals surface area contributed by atoms with Gasteiger partial charge in [-0.3, -0.25) is 0 Å². The van der Waals surface area contributed by atoms with Crippen molar-refractivity contribution in [2.45, 2.75) is 17.6 Å². The van der Waals surface area contributed by atoms with Crippen LogP contribution in [0.15, 0.2) is 47.4 Å². The molecule has 110 valence electrons. The quantitative estimate of drug-likeness (QED) is 0.942. The number of aryl methyl sites for hydroxylation is 1. The van der Waals surface area contributed by atoms with E-state index in [9.17, 15) is 17.6 Å². The van der Waals surface area contributed by atoms with Gasteiger partial charge in [0.05, 0.1) is 16.2 Å². The van der Waals surface area contributed by atoms with E-state index in [1.807, 2.05) is 0 Å². The van der Waals surface area contributed by atoms with Crippen LogP contribution in [0.2, 0.25) is 0 Å². The molecule has 2 rings (SSSR count). The number of benzene rings is 2. The van der Waals surface area contributed by atoms with Crippen LogP contribution in [0, 0.1) is 12.7 Å². The van der Waals surface area contributed by atoms with Crippen molar-refractivity contribution >= 4 is 15.8 Å². The number of hydrogen-bond donors (Lipinski definition) is 1. The Morgan fingerprint density at radius 3 is 2.57 bits per heavy atom. The molecule has 1 N–H and O–H groups in total. The molecule has 4 nitrogen and oxygen atoms in total. The summed E-state index contributed by atoms with van der Waals surface area (Å²) in [5.74, 6) is -2.08. The van der Waals surface area contributed by atoms with Crippen LogP contribution in [0.4, 0.5) is 4.39 Å². The highest BCUT2D eigenvalue weighted by molar-refractivity contribution is 7.90. The normalized spacial score (nSPS) is 11.3. The minimum Gasteiger partial charge on any atom is -0.478 e. The summed E-state index contributed by atoms with van der Waals surface area (Å²) >= 11 is 0. The van der Waals surface area contributed by atoms with Gasteiger partial charge in [0, 0.05) is 0 Å². The number of sulfone groups is 1. The summed E-state index contributed by atoms with van der Waals surface area (Å²) in [5.41, 5.74) is 0.914. The third kappa shape index (κ3) is 3.46. The SMILES string of the molecule is Cc1ccc(F)cc1CS(=O)(=O)c1cccc(C(=O)O)c1. The topological polar surface area (TPSA) is 71.4 Å². The number of aromatic carboxylic acids is 1. The first-order valence-electron chi connectivity index (χ1n) is 6.11. The average Bonchev–Trinajstić information content (AvgIpc) is 2.43. The van der Waals surface area contributed by atoms with Crippen molar-refractivity contribution in [3.05, 3.63) is 65.0 Å². The van der Waals surface area contributed by atoms with Gasteiger partial charge in [-0.25, -0.2) is 17.6 Å². The van der Waals surface area contributed by atoms with Crippen molar-refractivity contribution in [1.82, 2.24) is 0 Å². The zero-order chi connectivity index (χ0) is 15.6. The molecule has 0 radical (unpaired) electrons. The lowest BCUT2D eigenvalue weighted by molar-refractivity contribution is 0.0696. The summed E-state index contributed by atoms with van der Waals surface area (Å²) in [6.45, 7) is 1.69. The Morgan fingerprint density at radius 2 is 1.90 bits per heavy atom. The predicted octanol–water partition coefficient (Wildman–Crippen LogP) is 2.81. The lowest BCUT2D eigenvalue weighted by atomic mass is 10.1. The number of carboxylic acids is 1. The Labute approximate surface area is 121 Å². The highest BCUT2D eigenvalue weighted by Crippen LogP contribution is 2.20. The molecule has 0 bridgehead atoms. The van der Waals surface area contributed by atoms with Gasteiger partial charge in [0.2, 0.25) is 0 Å². The van der Waals surface area contributed by atoms with Crippen molar-refractivity contribution in [2.24, 2.45) is 0 Å². The molecule has 2 aromatic carbocycles. The molecule has 0 fully saturated rings. The number of carbonyl (C=O) groups is 1. The van der Waals surface area contributed by atoms with Gasteiger partial charge in [-0.1, -0.05) is 12.1 Å². The smallest absolute Gasteiger partial charge is 0.335 e. The Balaban J connectivity index is 2.41. The third-order valence-corrected chi connectivity index (χ3v) is 4.76. The van der Waals surface area contributed by atoms with Crippen LogP contribution in [0.25, 0.3) is 0 Å². The Kier molecular flexibility index (Phi) is 4.09. The molecule has 0 atom stereocenters. The van der Waals surface area contributed by atoms with E-state index in [1.165, 1.54) is 36.4 Å². The fraction of sp³-hybridized carbons (Fsp3) is 0.133. The molecule has 2 aromatic rings. The molecule has 0 aliphatic rings. The molecular formula is C15H13FO4S. The molecule has 0 saturated carbocycles. The van der Waals surface area contributed by atoms with Crippen molar-refractivity contribution < 1.29 is 22.7 Å². The van der Waals surface area contributed by atoms with Gasteiger partial charge in [0.15, 0.2) is 9.84 Å². The second-order valence-electron chi connectivity index (χ2n) is 4.66. The molecule has 0 aromatic heterocycles. The van der Waals surface area contributed by atoms with E-state index in [1.54, 1.807) is 6.92 Å². The monoisotopic (exact) mass is 308 g/mol. The Morgan fingerprint density at radius 1 is 1.19 bits per heavy atom. The van der Waals surface area contributed by atoms with Gasteiger partial charge in [-0.2, -0.15) is 0 Å². The van der Waals surface area contributed by atoms with Gasteiger partial charge in [-0.05, 0) is 48.4 Å². The van der Waals surface area contributed by atoms with E-state index in [2.05, 4.69) is 0 Å². The minimum absolute atomic E-state index is 0.0916. The van der Waals surface area contributed by atoms with E-state index in [0.717, 1.165) is 6.07 Å². The first kappa shape index (κ1) is 15.2. The first-order chi connectivity index (χ1) is 9.79. The van der Waals surface area contributed by atoms with E-state index >= 15 is 0 Å². The van der Waals surface area contributed by atoms with Crippen molar-refractivity contribution in [3.63, 3.8) is 0 Å². The van der Waals surface area contributed by atoms with E-state index in [-0.39, 0.29) is 16.2 Å². The van der Waals surface area contributed by atoms with Gasteiger partial charge < -0.3 is 5.11 Å². The Hall–Kier alpha value is -2.21. The van der Waals surface area contributed by atoms with Gasteiger partial charge >= 0.3 is 5.97 Å². The van der Waals surface area contributed by atoms with Crippen LogP contribution in [0.3, 0.4) is 0 Å². The molecule has 0 saturated heterocycles. The highest BCUT2D eigenvalue weighted by Gasteiger charge is 2.18. The molecule has 6 heteroatoms. The number of rotatable bonds is 4. The molecular weight excluding hydrogens is 295 g/mol. The molecule has 0 aliphatic heterocycles. The molecule has 0 spiro atoms. The molecule has 0 unspecified atom stereocenters. The number of hydrogen-bond acceptors (Lipinski definition) is 3. The van der Waals surface area contributed by atoms with Crippen LogP contribution < -0.4 is 0 Å². The van der Waals surface area contributed by atoms with E-state index in [0.29, 0.717) is 11.1 Å². The second kappa shape index (κ2) is 5.65. The van der Waals surface area contributed by atoms with Crippen molar-refractivity contribution in [1.29, 1.82) is 0 Å². The van der Waals surface area contributed by atoms with E-state index < -0.39 is 21.6 Å². The zero-order valence-corrected chi connectivity index (χ0v) is 12.0. The van der Waals surface area contributed by atoms with Crippen molar-refractivity contribution in [3.8, 4) is 0 Å². The van der Waals surface area contributed by atoms with Crippen LogP contribution in [0.5, 0.6) is 0 Å². The average molecular weight is 308 g/mol. The molecule has 0 amide bonds. The lowest BCUT2D eigenvalue weighted by Gasteiger charge is -2.08. The maximum Gasteiger partial charge on any atom is 0.335 e. The maximum absolute atomic E-state index is 13.2. The predicted molar refractivity (Wildman–Crippen MR) is 75.4 cm³/mol. The van der Waals surface area contributed by atoms with Gasteiger partial charge in [0.25, 0.3) is 0 Å². The maximum atomic E-state index is 13.2. The fourth-order valence-electron chi connectivity index (χ4n) is 1.91. The van der Waals surface area contributed by atoms with Crippen molar-refractivity contribution in [2.75, 3.05) is 0 Å².